The first-order chi connectivity index (χ1) is 6.80. The Morgan fingerprint density at radius 1 is 0.714 bits per heavy atom. The molecule has 0 saturated heterocycles. The van der Waals surface area contributed by atoms with Gasteiger partial charge in [0.25, 0.3) is 0 Å². The molecule has 0 spiro atoms. The lowest BCUT2D eigenvalue weighted by molar-refractivity contribution is -0.145. The van der Waals surface area contributed by atoms with E-state index >= 15 is 0 Å². The molecule has 0 bridgehead atoms. The first-order valence-electron chi connectivity index (χ1n) is 5.56. The van der Waals surface area contributed by atoms with Gasteiger partial charge in [-0.25, -0.2) is 0 Å². The largest absolute Gasteiger partial charge is 0.299 e. The second-order valence-electron chi connectivity index (χ2n) is 5.60. The average Bonchev–Trinajstić information content (AvgIpc) is 2.40. The Hall–Kier alpha value is -0.920. The van der Waals surface area contributed by atoms with E-state index in [-0.39, 0.29) is 23.7 Å². The third-order valence-corrected chi connectivity index (χ3v) is 5.64. The van der Waals surface area contributed by atoms with Gasteiger partial charge in [-0.2, -0.15) is 0 Å². The minimum absolute atomic E-state index is 0.113. The molecule has 0 aromatic rings. The zero-order valence-electron chi connectivity index (χ0n) is 7.59. The van der Waals surface area contributed by atoms with E-state index in [1.54, 1.807) is 0 Å². The number of carbonyl (C=O) groups is 2. The van der Waals surface area contributed by atoms with Crippen molar-refractivity contribution >= 4 is 11.6 Å². The van der Waals surface area contributed by atoms with Crippen molar-refractivity contribution in [1.29, 1.82) is 0 Å². The molecule has 2 heteroatoms. The average molecular weight is 186 g/mol. The number of ketones is 2. The van der Waals surface area contributed by atoms with E-state index in [0.29, 0.717) is 35.2 Å². The molecule has 0 N–H and O–H groups in total. The van der Waals surface area contributed by atoms with Gasteiger partial charge >= 0.3 is 0 Å². The first kappa shape index (κ1) is 6.54. The van der Waals surface area contributed by atoms with Crippen LogP contribution in [0, 0.1) is 47.3 Å². The molecule has 0 unspecified atom stereocenters. The van der Waals surface area contributed by atoms with Crippen LogP contribution in [-0.4, -0.2) is 11.6 Å². The van der Waals surface area contributed by atoms with E-state index < -0.39 is 0 Å². The number of allylic oxidation sites excluding steroid dienone is 2. The maximum Gasteiger partial charge on any atom is 0.141 e. The Labute approximate surface area is 81.4 Å². The summed E-state index contributed by atoms with van der Waals surface area (Å²) in [7, 11) is 0. The van der Waals surface area contributed by atoms with Crippen molar-refractivity contribution in [2.75, 3.05) is 0 Å². The molecule has 4 aliphatic carbocycles. The maximum atomic E-state index is 12.0. The number of fused-ring (bicyclic) bond motifs is 9. The summed E-state index contributed by atoms with van der Waals surface area (Å²) in [5, 5.41) is 0. The van der Waals surface area contributed by atoms with Gasteiger partial charge in [-0.05, 0) is 23.7 Å². The number of Topliss-reactive ketones (excluding diaryl/α,β-unsaturated/α-hetero) is 2. The van der Waals surface area contributed by atoms with Crippen molar-refractivity contribution in [3.8, 4) is 0 Å². The Morgan fingerprint density at radius 3 is 1.57 bits per heavy atom. The van der Waals surface area contributed by atoms with Crippen molar-refractivity contribution in [3.05, 3.63) is 12.2 Å². The lowest BCUT2D eigenvalue weighted by atomic mass is 9.52. The minimum atomic E-state index is 0.113. The Bertz CT molecular complexity index is 396. The predicted molar refractivity (Wildman–Crippen MR) is 47.1 cm³/mol. The SMILES string of the molecule is O=C1[C@@H]2[C@H]3C=C[C@H]4[C@H]2C(=O)[C@H]2[C@@H]1[C@H]3[C@H]42. The highest BCUT2D eigenvalue weighted by molar-refractivity contribution is 6.06. The van der Waals surface area contributed by atoms with Crippen LogP contribution in [0.15, 0.2) is 12.2 Å². The minimum Gasteiger partial charge on any atom is -0.299 e. The van der Waals surface area contributed by atoms with Crippen LogP contribution in [0.25, 0.3) is 0 Å². The summed E-state index contributed by atoms with van der Waals surface area (Å²) in [6.07, 6.45) is 4.47. The molecule has 0 heterocycles. The molecule has 3 fully saturated rings. The summed E-state index contributed by atoms with van der Waals surface area (Å²) < 4.78 is 0. The molecule has 2 nitrogen and oxygen atoms in total. The van der Waals surface area contributed by atoms with Crippen molar-refractivity contribution in [2.45, 2.75) is 0 Å². The Balaban J connectivity index is 1.91. The van der Waals surface area contributed by atoms with Gasteiger partial charge in [0.15, 0.2) is 0 Å². The molecular formula is C12H10O2. The van der Waals surface area contributed by atoms with Crippen LogP contribution < -0.4 is 0 Å². The summed E-state index contributed by atoms with van der Waals surface area (Å²) >= 11 is 0. The fourth-order valence-electron chi connectivity index (χ4n) is 5.43. The summed E-state index contributed by atoms with van der Waals surface area (Å²) in [5.74, 6) is 3.50. The van der Waals surface area contributed by atoms with E-state index in [9.17, 15) is 9.59 Å². The fraction of sp³-hybridized carbons (Fsp3) is 0.667. The van der Waals surface area contributed by atoms with Crippen LogP contribution >= 0.6 is 0 Å². The highest BCUT2D eigenvalue weighted by Crippen LogP contribution is 2.75. The molecule has 0 aromatic heterocycles. The van der Waals surface area contributed by atoms with Gasteiger partial charge in [0.2, 0.25) is 0 Å². The van der Waals surface area contributed by atoms with Crippen LogP contribution in [-0.2, 0) is 9.59 Å². The van der Waals surface area contributed by atoms with Gasteiger partial charge < -0.3 is 0 Å². The molecule has 4 rings (SSSR count). The number of hydrogen-bond donors (Lipinski definition) is 0. The van der Waals surface area contributed by atoms with Crippen LogP contribution in [0.3, 0.4) is 0 Å². The van der Waals surface area contributed by atoms with Crippen LogP contribution in [0.2, 0.25) is 0 Å². The van der Waals surface area contributed by atoms with E-state index in [4.69, 9.17) is 0 Å². The van der Waals surface area contributed by atoms with Crippen LogP contribution in [0.4, 0.5) is 0 Å². The van der Waals surface area contributed by atoms with E-state index in [0.717, 1.165) is 0 Å². The molecular weight excluding hydrogens is 176 g/mol. The maximum absolute atomic E-state index is 12.0. The summed E-state index contributed by atoms with van der Waals surface area (Å²) in [6, 6.07) is 0. The van der Waals surface area contributed by atoms with Gasteiger partial charge in [0.1, 0.15) is 11.6 Å². The van der Waals surface area contributed by atoms with Gasteiger partial charge in [-0.3, -0.25) is 9.59 Å². The summed E-state index contributed by atoms with van der Waals surface area (Å²) in [4.78, 5) is 24.0. The third kappa shape index (κ3) is 0.358. The second-order valence-corrected chi connectivity index (χ2v) is 5.60. The highest BCUT2D eigenvalue weighted by Gasteiger charge is 2.80. The van der Waals surface area contributed by atoms with E-state index in [1.165, 1.54) is 0 Å². The van der Waals surface area contributed by atoms with Crippen molar-refractivity contribution < 1.29 is 9.59 Å². The molecule has 0 amide bonds. The standard InChI is InChI=1S/C12H10O2/c13-11-7-3-1-2-4-6-5(3)9(11)10(6)12(14)8(4)7/h1-10H/t3-,4+,5+,6-,7-,8-,9-,10+/m1/s1. The lowest BCUT2D eigenvalue weighted by Crippen LogP contribution is -2.50. The molecule has 8 atom stereocenters. The van der Waals surface area contributed by atoms with E-state index in [1.807, 2.05) is 0 Å². The topological polar surface area (TPSA) is 34.1 Å². The Kier molecular flexibility index (Phi) is 0.718. The van der Waals surface area contributed by atoms with Crippen LogP contribution in [0.1, 0.15) is 0 Å². The lowest BCUT2D eigenvalue weighted by Gasteiger charge is -2.50. The van der Waals surface area contributed by atoms with Crippen LogP contribution in [0.5, 0.6) is 0 Å². The van der Waals surface area contributed by atoms with Crippen molar-refractivity contribution in [3.63, 3.8) is 0 Å². The monoisotopic (exact) mass is 186 g/mol. The molecule has 0 aliphatic heterocycles. The first-order valence-corrected chi connectivity index (χ1v) is 5.56. The molecule has 0 aromatic carbocycles. The highest BCUT2D eigenvalue weighted by atomic mass is 16.1. The molecule has 14 heavy (non-hydrogen) atoms. The summed E-state index contributed by atoms with van der Waals surface area (Å²) in [6.45, 7) is 0. The van der Waals surface area contributed by atoms with Crippen molar-refractivity contribution in [1.82, 2.24) is 0 Å². The smallest absolute Gasteiger partial charge is 0.141 e. The van der Waals surface area contributed by atoms with Crippen molar-refractivity contribution in [2.24, 2.45) is 47.3 Å². The molecule has 3 saturated carbocycles. The molecule has 0 radical (unpaired) electrons. The number of carbonyl (C=O) groups excluding carboxylic acids is 2. The van der Waals surface area contributed by atoms with Gasteiger partial charge in [0.05, 0.1) is 0 Å². The van der Waals surface area contributed by atoms with Gasteiger partial charge in [-0.15, -0.1) is 0 Å². The van der Waals surface area contributed by atoms with Gasteiger partial charge in [-0.1, -0.05) is 12.2 Å². The number of rotatable bonds is 0. The zero-order valence-corrected chi connectivity index (χ0v) is 7.59. The fourth-order valence-corrected chi connectivity index (χ4v) is 5.43. The number of hydrogen-bond acceptors (Lipinski definition) is 2. The summed E-state index contributed by atoms with van der Waals surface area (Å²) in [5.41, 5.74) is 0. The third-order valence-electron chi connectivity index (χ3n) is 5.64. The predicted octanol–water partition coefficient (Wildman–Crippen LogP) is 0.678. The van der Waals surface area contributed by atoms with E-state index in [2.05, 4.69) is 12.2 Å². The van der Waals surface area contributed by atoms with Gasteiger partial charge in [0, 0.05) is 23.7 Å². The molecule has 4 aliphatic rings. The normalized spacial score (nSPS) is 69.4. The quantitative estimate of drug-likeness (QED) is 0.412. The Morgan fingerprint density at radius 2 is 1.14 bits per heavy atom. The zero-order chi connectivity index (χ0) is 9.19. The molecule has 70 valence electrons. The second kappa shape index (κ2) is 1.54.